The van der Waals surface area contributed by atoms with E-state index in [4.69, 9.17) is 16.6 Å². The molecule has 11 N–H and O–H groups in total. The molecule has 4 unspecified atom stereocenters. The van der Waals surface area contributed by atoms with Crippen molar-refractivity contribution in [3.05, 3.63) is 54.2 Å². The fraction of sp³-hybridized carbons (Fsp3) is 0.429. The van der Waals surface area contributed by atoms with Crippen molar-refractivity contribution in [1.29, 1.82) is 0 Å². The highest BCUT2D eigenvalue weighted by atomic mass is 16.4. The maximum atomic E-state index is 13.6. The van der Waals surface area contributed by atoms with E-state index in [2.05, 4.69) is 30.9 Å². The average Bonchev–Trinajstić information content (AvgIpc) is 3.64. The van der Waals surface area contributed by atoms with Crippen LogP contribution < -0.4 is 27.4 Å². The topological polar surface area (TPSA) is 258 Å². The maximum absolute atomic E-state index is 13.6. The van der Waals surface area contributed by atoms with E-state index in [-0.39, 0.29) is 32.1 Å². The summed E-state index contributed by atoms with van der Waals surface area (Å²) < 4.78 is 0. The Balaban J connectivity index is 1.81. The van der Waals surface area contributed by atoms with Crippen molar-refractivity contribution in [1.82, 2.24) is 30.9 Å². The number of hydrogen-bond donors (Lipinski definition) is 9. The van der Waals surface area contributed by atoms with Gasteiger partial charge in [0.25, 0.3) is 0 Å². The number of benzene rings is 1. The predicted octanol–water partition coefficient (Wildman–Crippen LogP) is -0.464. The number of para-hydroxylation sites is 1. The minimum Gasteiger partial charge on any atom is -0.481 e. The van der Waals surface area contributed by atoms with E-state index >= 15 is 0 Å². The highest BCUT2D eigenvalue weighted by Gasteiger charge is 2.31. The van der Waals surface area contributed by atoms with E-state index in [1.54, 1.807) is 6.20 Å². The molecule has 0 fully saturated rings. The number of H-pyrrole nitrogens is 2. The third kappa shape index (κ3) is 9.93. The second-order valence-electron chi connectivity index (χ2n) is 10.2. The molecule has 3 rings (SSSR count). The van der Waals surface area contributed by atoms with Crippen LogP contribution in [0.4, 0.5) is 0 Å². The van der Waals surface area contributed by atoms with E-state index in [0.717, 1.165) is 10.9 Å². The lowest BCUT2D eigenvalue weighted by Gasteiger charge is -2.25. The summed E-state index contributed by atoms with van der Waals surface area (Å²) in [6.07, 6.45) is 5.23. The van der Waals surface area contributed by atoms with Gasteiger partial charge < -0.3 is 47.6 Å². The summed E-state index contributed by atoms with van der Waals surface area (Å²) in [6.45, 7) is 0.355. The summed E-state index contributed by atoms with van der Waals surface area (Å²) in [5.41, 5.74) is 13.5. The molecule has 0 aliphatic heterocycles. The van der Waals surface area contributed by atoms with E-state index in [9.17, 15) is 29.1 Å². The minimum atomic E-state index is -1.30. The van der Waals surface area contributed by atoms with Gasteiger partial charge in [-0.05, 0) is 43.9 Å². The molecule has 0 radical (unpaired) electrons. The summed E-state index contributed by atoms with van der Waals surface area (Å²) in [5.74, 6) is -4.52. The smallest absolute Gasteiger partial charge is 0.326 e. The molecule has 3 aromatic rings. The third-order valence-electron chi connectivity index (χ3n) is 6.91. The van der Waals surface area contributed by atoms with Crippen LogP contribution in [0.15, 0.2) is 43.0 Å². The Labute approximate surface area is 247 Å². The van der Waals surface area contributed by atoms with Crippen molar-refractivity contribution in [2.24, 2.45) is 11.5 Å². The first-order valence-electron chi connectivity index (χ1n) is 13.9. The quantitative estimate of drug-likeness (QED) is 0.0851. The van der Waals surface area contributed by atoms with Crippen molar-refractivity contribution < 1.29 is 34.2 Å². The Kier molecular flexibility index (Phi) is 12.2. The first-order chi connectivity index (χ1) is 20.6. The molecule has 0 saturated carbocycles. The van der Waals surface area contributed by atoms with Crippen molar-refractivity contribution >= 4 is 40.6 Å². The van der Waals surface area contributed by atoms with Crippen molar-refractivity contribution in [2.45, 2.75) is 69.1 Å². The van der Waals surface area contributed by atoms with E-state index in [0.29, 0.717) is 30.6 Å². The maximum Gasteiger partial charge on any atom is 0.326 e. The van der Waals surface area contributed by atoms with Gasteiger partial charge in [-0.25, -0.2) is 9.78 Å². The zero-order valence-electron chi connectivity index (χ0n) is 23.5. The molecule has 43 heavy (non-hydrogen) atoms. The molecule has 0 aliphatic rings. The lowest BCUT2D eigenvalue weighted by molar-refractivity contribution is -0.142. The van der Waals surface area contributed by atoms with Gasteiger partial charge in [-0.3, -0.25) is 19.2 Å². The highest BCUT2D eigenvalue weighted by molar-refractivity contribution is 5.95. The number of amides is 3. The number of aromatic nitrogens is 3. The molecule has 15 heteroatoms. The minimum absolute atomic E-state index is 0.0297. The van der Waals surface area contributed by atoms with E-state index in [1.165, 1.54) is 12.5 Å². The van der Waals surface area contributed by atoms with Crippen LogP contribution in [0.25, 0.3) is 10.9 Å². The zero-order chi connectivity index (χ0) is 31.4. The molecule has 3 amide bonds. The van der Waals surface area contributed by atoms with Crippen LogP contribution in [0.1, 0.15) is 43.4 Å². The largest absolute Gasteiger partial charge is 0.481 e. The number of carboxylic acids is 2. The van der Waals surface area contributed by atoms with E-state index in [1.807, 2.05) is 24.3 Å². The van der Waals surface area contributed by atoms with Crippen molar-refractivity contribution in [2.75, 3.05) is 6.54 Å². The molecule has 0 spiro atoms. The molecule has 1 aromatic carbocycles. The molecule has 0 aliphatic carbocycles. The number of nitrogens with two attached hydrogens (primary N) is 2. The summed E-state index contributed by atoms with van der Waals surface area (Å²) in [5, 5.41) is 27.2. The second-order valence-corrected chi connectivity index (χ2v) is 10.2. The third-order valence-corrected chi connectivity index (χ3v) is 6.91. The molecule has 0 saturated heterocycles. The number of fused-ring (bicyclic) bond motifs is 1. The van der Waals surface area contributed by atoms with Crippen LogP contribution in [0.3, 0.4) is 0 Å². The summed E-state index contributed by atoms with van der Waals surface area (Å²) in [4.78, 5) is 72.4. The monoisotopic (exact) mass is 598 g/mol. The van der Waals surface area contributed by atoms with Gasteiger partial charge in [0.05, 0.1) is 12.4 Å². The zero-order valence-corrected chi connectivity index (χ0v) is 23.5. The number of nitrogens with one attached hydrogen (secondary N) is 5. The van der Waals surface area contributed by atoms with Gasteiger partial charge in [0.1, 0.15) is 18.1 Å². The molecular formula is C28H38N8O7. The Morgan fingerprint density at radius 2 is 1.56 bits per heavy atom. The standard InChI is InChI=1S/C28H38N8O7/c29-10-4-3-7-21(26(40)36-23(28(42)43)12-17-14-31-15-33-17)34-27(41)22(35-25(39)19(30)8-9-24(37)38)11-16-13-32-20-6-2-1-5-18(16)20/h1-2,5-6,13-15,19,21-23,32H,3-4,7-12,29-30H2,(H,31,33)(H,34,41)(H,35,39)(H,36,40)(H,37,38)(H,42,43). The number of carbonyl (C=O) groups is 5. The lowest BCUT2D eigenvalue weighted by atomic mass is 10.0. The predicted molar refractivity (Wildman–Crippen MR) is 155 cm³/mol. The van der Waals surface area contributed by atoms with Crippen LogP contribution >= 0.6 is 0 Å². The number of unbranched alkanes of at least 4 members (excludes halogenated alkanes) is 1. The average molecular weight is 599 g/mol. The van der Waals surface area contributed by atoms with Gasteiger partial charge in [0, 0.05) is 48.3 Å². The number of carbonyl (C=O) groups excluding carboxylic acids is 3. The van der Waals surface area contributed by atoms with Crippen molar-refractivity contribution in [3.63, 3.8) is 0 Å². The van der Waals surface area contributed by atoms with Crippen LogP contribution in [-0.4, -0.2) is 85.5 Å². The van der Waals surface area contributed by atoms with Crippen LogP contribution in [-0.2, 0) is 36.8 Å². The Morgan fingerprint density at radius 1 is 0.860 bits per heavy atom. The molecule has 15 nitrogen and oxygen atoms in total. The Morgan fingerprint density at radius 3 is 2.23 bits per heavy atom. The van der Waals surface area contributed by atoms with Crippen molar-refractivity contribution in [3.8, 4) is 0 Å². The summed E-state index contributed by atoms with van der Waals surface area (Å²) in [6, 6.07) is 2.58. The number of carboxylic acid groups (broad SMARTS) is 2. The van der Waals surface area contributed by atoms with Gasteiger partial charge in [0.15, 0.2) is 0 Å². The van der Waals surface area contributed by atoms with Gasteiger partial charge in [-0.15, -0.1) is 0 Å². The fourth-order valence-electron chi connectivity index (χ4n) is 4.54. The van der Waals surface area contributed by atoms with Gasteiger partial charge >= 0.3 is 11.9 Å². The van der Waals surface area contributed by atoms with E-state index < -0.39 is 53.8 Å². The van der Waals surface area contributed by atoms with Gasteiger partial charge in [-0.2, -0.15) is 0 Å². The number of aromatic amines is 2. The van der Waals surface area contributed by atoms with Crippen LogP contribution in [0, 0.1) is 0 Å². The number of rotatable bonds is 18. The Hall–Kier alpha value is -4.76. The molecular weight excluding hydrogens is 560 g/mol. The van der Waals surface area contributed by atoms with Gasteiger partial charge in [-0.1, -0.05) is 18.2 Å². The fourth-order valence-corrected chi connectivity index (χ4v) is 4.54. The van der Waals surface area contributed by atoms with Gasteiger partial charge in [0.2, 0.25) is 17.7 Å². The second kappa shape index (κ2) is 16.0. The number of aliphatic carboxylic acids is 2. The molecule has 232 valence electrons. The number of nitrogens with zero attached hydrogens (tertiary/aromatic N) is 1. The number of imidazole rings is 1. The Bertz CT molecular complexity index is 1390. The molecule has 2 aromatic heterocycles. The molecule has 2 heterocycles. The highest BCUT2D eigenvalue weighted by Crippen LogP contribution is 2.19. The molecule has 0 bridgehead atoms. The normalized spacial score (nSPS) is 13.9. The first kappa shape index (κ1) is 32.8. The molecule has 4 atom stereocenters. The first-order valence-corrected chi connectivity index (χ1v) is 13.9. The van der Waals surface area contributed by atoms with Crippen LogP contribution in [0.5, 0.6) is 0 Å². The summed E-state index contributed by atoms with van der Waals surface area (Å²) >= 11 is 0. The SMILES string of the molecule is NCCCCC(NC(=O)C(Cc1c[nH]c2ccccc12)NC(=O)C(N)CCC(=O)O)C(=O)NC(Cc1cnc[nH]1)C(=O)O. The van der Waals surface area contributed by atoms with Crippen LogP contribution in [0.2, 0.25) is 0 Å². The number of hydrogen-bond acceptors (Lipinski definition) is 8. The lowest BCUT2D eigenvalue weighted by Crippen LogP contribution is -2.57. The summed E-state index contributed by atoms with van der Waals surface area (Å²) in [7, 11) is 0.